The van der Waals surface area contributed by atoms with Gasteiger partial charge in [-0.15, -0.1) is 0 Å². The first kappa shape index (κ1) is 17.4. The minimum Gasteiger partial charge on any atom is -0.294 e. The lowest BCUT2D eigenvalue weighted by Crippen LogP contribution is -2.52. The van der Waals surface area contributed by atoms with Crippen LogP contribution in [0.1, 0.15) is 53.6 Å². The number of aryl methyl sites for hydroxylation is 1. The van der Waals surface area contributed by atoms with Crippen LogP contribution in [0.25, 0.3) is 0 Å². The molecular formula is C23H26FNO. The summed E-state index contributed by atoms with van der Waals surface area (Å²) in [6.07, 6.45) is 5.47. The third-order valence-electron chi connectivity index (χ3n) is 6.15. The highest BCUT2D eigenvalue weighted by atomic mass is 19.1. The fourth-order valence-electron chi connectivity index (χ4n) is 4.78. The Morgan fingerprint density at radius 2 is 1.77 bits per heavy atom. The Morgan fingerprint density at radius 3 is 2.42 bits per heavy atom. The molecule has 0 saturated carbocycles. The Hall–Kier alpha value is -2.00. The van der Waals surface area contributed by atoms with Gasteiger partial charge in [0, 0.05) is 30.1 Å². The van der Waals surface area contributed by atoms with E-state index in [1.165, 1.54) is 30.9 Å². The van der Waals surface area contributed by atoms with E-state index in [1.54, 1.807) is 19.1 Å². The van der Waals surface area contributed by atoms with E-state index in [0.29, 0.717) is 23.2 Å². The predicted octanol–water partition coefficient (Wildman–Crippen LogP) is 5.15. The van der Waals surface area contributed by atoms with Gasteiger partial charge in [0.2, 0.25) is 0 Å². The van der Waals surface area contributed by atoms with E-state index in [4.69, 9.17) is 0 Å². The van der Waals surface area contributed by atoms with Gasteiger partial charge in [-0.1, -0.05) is 36.8 Å². The zero-order valence-corrected chi connectivity index (χ0v) is 15.3. The number of Topliss-reactive ketones (excluding diaryl/α,β-unsaturated/α-hetero) is 1. The Kier molecular flexibility index (Phi) is 4.90. The first-order chi connectivity index (χ1) is 12.6. The van der Waals surface area contributed by atoms with Crippen LogP contribution in [0, 0.1) is 18.7 Å². The van der Waals surface area contributed by atoms with E-state index in [9.17, 15) is 9.18 Å². The Bertz CT molecular complexity index is 774. The molecule has 0 radical (unpaired) electrons. The van der Waals surface area contributed by atoms with Crippen molar-refractivity contribution in [3.05, 3.63) is 71.0 Å². The highest BCUT2D eigenvalue weighted by Crippen LogP contribution is 2.39. The lowest BCUT2D eigenvalue weighted by Gasteiger charge is -2.48. The molecule has 2 nitrogen and oxygen atoms in total. The second-order valence-electron chi connectivity index (χ2n) is 7.89. The Morgan fingerprint density at radius 1 is 1.08 bits per heavy atom. The summed E-state index contributed by atoms with van der Waals surface area (Å²) in [6.45, 7) is 2.70. The maximum absolute atomic E-state index is 13.5. The predicted molar refractivity (Wildman–Crippen MR) is 102 cm³/mol. The number of benzene rings is 2. The van der Waals surface area contributed by atoms with Crippen LogP contribution in [0.2, 0.25) is 0 Å². The number of fused-ring (bicyclic) bond motifs is 2. The number of carbonyl (C=O) groups excluding carboxylic acids is 1. The summed E-state index contributed by atoms with van der Waals surface area (Å²) in [6, 6.07) is 16.4. The summed E-state index contributed by atoms with van der Waals surface area (Å²) in [5.74, 6) is 0.0302. The number of ketones is 1. The molecule has 2 saturated heterocycles. The molecule has 0 N–H and O–H groups in total. The number of rotatable bonds is 4. The molecule has 4 rings (SSSR count). The molecule has 2 atom stereocenters. The Labute approximate surface area is 155 Å². The van der Waals surface area contributed by atoms with Crippen LogP contribution in [-0.4, -0.2) is 22.8 Å². The summed E-state index contributed by atoms with van der Waals surface area (Å²) in [5, 5.41) is 0. The molecule has 2 aromatic carbocycles. The second-order valence-corrected chi connectivity index (χ2v) is 7.89. The van der Waals surface area contributed by atoms with Crippen molar-refractivity contribution in [3.8, 4) is 0 Å². The number of hydrogen-bond acceptors (Lipinski definition) is 2. The van der Waals surface area contributed by atoms with Gasteiger partial charge in [0.05, 0.1) is 0 Å². The van der Waals surface area contributed by atoms with E-state index in [0.717, 1.165) is 19.4 Å². The number of carbonyl (C=O) groups is 1. The van der Waals surface area contributed by atoms with Crippen LogP contribution >= 0.6 is 0 Å². The molecule has 136 valence electrons. The number of piperidine rings is 2. The molecule has 2 bridgehead atoms. The van der Waals surface area contributed by atoms with Crippen molar-refractivity contribution in [2.75, 3.05) is 0 Å². The van der Waals surface area contributed by atoms with Gasteiger partial charge < -0.3 is 0 Å². The molecule has 2 aromatic rings. The molecule has 3 heteroatoms. The average molecular weight is 351 g/mol. The highest BCUT2D eigenvalue weighted by Gasteiger charge is 2.40. The second kappa shape index (κ2) is 7.32. The van der Waals surface area contributed by atoms with Crippen LogP contribution in [0.5, 0.6) is 0 Å². The molecule has 2 heterocycles. The van der Waals surface area contributed by atoms with E-state index >= 15 is 0 Å². The van der Waals surface area contributed by atoms with Crippen molar-refractivity contribution in [1.82, 2.24) is 4.90 Å². The number of hydrogen-bond donors (Lipinski definition) is 0. The lowest BCUT2D eigenvalue weighted by molar-refractivity contribution is 0.00906. The van der Waals surface area contributed by atoms with Crippen LogP contribution < -0.4 is 0 Å². The first-order valence-corrected chi connectivity index (χ1v) is 9.72. The largest absolute Gasteiger partial charge is 0.294 e. The van der Waals surface area contributed by atoms with Gasteiger partial charge >= 0.3 is 0 Å². The van der Waals surface area contributed by atoms with Crippen molar-refractivity contribution in [3.63, 3.8) is 0 Å². The summed E-state index contributed by atoms with van der Waals surface area (Å²) in [4.78, 5) is 15.6. The molecule has 0 aliphatic carbocycles. The number of nitrogens with zero attached hydrogens (tertiary/aromatic N) is 1. The van der Waals surface area contributed by atoms with E-state index < -0.39 is 0 Å². The van der Waals surface area contributed by atoms with Gasteiger partial charge in [-0.05, 0) is 61.9 Å². The smallest absolute Gasteiger partial charge is 0.166 e. The molecule has 2 aliphatic rings. The summed E-state index contributed by atoms with van der Waals surface area (Å²) < 4.78 is 13.5. The van der Waals surface area contributed by atoms with E-state index in [2.05, 4.69) is 35.2 Å². The molecule has 26 heavy (non-hydrogen) atoms. The van der Waals surface area contributed by atoms with Gasteiger partial charge in [0.15, 0.2) is 5.78 Å². The van der Waals surface area contributed by atoms with Gasteiger partial charge in [-0.25, -0.2) is 4.39 Å². The van der Waals surface area contributed by atoms with Crippen LogP contribution in [0.3, 0.4) is 0 Å². The molecule has 2 unspecified atom stereocenters. The van der Waals surface area contributed by atoms with Gasteiger partial charge in [0.1, 0.15) is 5.82 Å². The fraction of sp³-hybridized carbons (Fsp3) is 0.435. The monoisotopic (exact) mass is 351 g/mol. The maximum Gasteiger partial charge on any atom is 0.166 e. The molecular weight excluding hydrogens is 325 g/mol. The summed E-state index contributed by atoms with van der Waals surface area (Å²) in [5.41, 5.74) is 2.57. The maximum atomic E-state index is 13.5. The van der Waals surface area contributed by atoms with Crippen molar-refractivity contribution >= 4 is 5.78 Å². The lowest BCUT2D eigenvalue weighted by atomic mass is 9.75. The number of halogens is 1. The average Bonchev–Trinajstić information content (AvgIpc) is 2.64. The molecule has 0 spiro atoms. The van der Waals surface area contributed by atoms with Crippen molar-refractivity contribution in [1.29, 1.82) is 0 Å². The van der Waals surface area contributed by atoms with Crippen molar-refractivity contribution in [2.24, 2.45) is 5.92 Å². The van der Waals surface area contributed by atoms with Crippen LogP contribution in [0.4, 0.5) is 4.39 Å². The third kappa shape index (κ3) is 3.45. The van der Waals surface area contributed by atoms with Crippen molar-refractivity contribution < 1.29 is 9.18 Å². The molecule has 2 aliphatic heterocycles. The normalized spacial score (nSPS) is 25.8. The Balaban J connectivity index is 1.50. The minimum absolute atomic E-state index is 0.0715. The van der Waals surface area contributed by atoms with Gasteiger partial charge in [-0.3, -0.25) is 9.69 Å². The highest BCUT2D eigenvalue weighted by molar-refractivity contribution is 5.98. The van der Waals surface area contributed by atoms with E-state index in [1.807, 2.05) is 0 Å². The molecule has 0 aromatic heterocycles. The zero-order valence-electron chi connectivity index (χ0n) is 15.3. The van der Waals surface area contributed by atoms with Crippen LogP contribution in [0.15, 0.2) is 48.5 Å². The summed E-state index contributed by atoms with van der Waals surface area (Å²) >= 11 is 0. The molecule has 0 amide bonds. The standard InChI is InChI=1S/C23H26FNO/c1-16-12-18(10-11-22(16)24)23(26)19-13-20-8-5-9-21(14-19)25(20)15-17-6-3-2-4-7-17/h2-4,6-7,10-12,19-21H,5,8-9,13-15H2,1H3. The van der Waals surface area contributed by atoms with Gasteiger partial charge in [0.25, 0.3) is 0 Å². The first-order valence-electron chi connectivity index (χ1n) is 9.72. The minimum atomic E-state index is -0.240. The summed E-state index contributed by atoms with van der Waals surface area (Å²) in [7, 11) is 0. The SMILES string of the molecule is Cc1cc(C(=O)C2CC3CCCC(C2)N3Cc2ccccc2)ccc1F. The topological polar surface area (TPSA) is 20.3 Å². The van der Waals surface area contributed by atoms with Crippen molar-refractivity contribution in [2.45, 2.75) is 57.7 Å². The van der Waals surface area contributed by atoms with Crippen LogP contribution in [-0.2, 0) is 6.54 Å². The zero-order chi connectivity index (χ0) is 18.1. The van der Waals surface area contributed by atoms with E-state index in [-0.39, 0.29) is 17.5 Å². The quantitative estimate of drug-likeness (QED) is 0.710. The third-order valence-corrected chi connectivity index (χ3v) is 6.15. The fourth-order valence-corrected chi connectivity index (χ4v) is 4.78. The molecule has 2 fully saturated rings. The van der Waals surface area contributed by atoms with Gasteiger partial charge in [-0.2, -0.15) is 0 Å².